The number of carbonyl (C=O) groups excluding carboxylic acids is 1. The van der Waals surface area contributed by atoms with Crippen LogP contribution in [0.1, 0.15) is 31.7 Å². The van der Waals surface area contributed by atoms with E-state index in [1.165, 1.54) is 0 Å². The number of rotatable bonds is 3. The summed E-state index contributed by atoms with van der Waals surface area (Å²) < 4.78 is 9.52. The van der Waals surface area contributed by atoms with Crippen molar-refractivity contribution in [3.05, 3.63) is 65.3 Å². The molecule has 1 fully saturated rings. The maximum atomic E-state index is 12.8. The van der Waals surface area contributed by atoms with Gasteiger partial charge in [0.15, 0.2) is 5.78 Å². The van der Waals surface area contributed by atoms with E-state index in [1.807, 2.05) is 44.7 Å². The van der Waals surface area contributed by atoms with Crippen LogP contribution in [0.3, 0.4) is 0 Å². The minimum atomic E-state index is -0.497. The quantitative estimate of drug-likeness (QED) is 0.532. The molecule has 3 atom stereocenters. The smallest absolute Gasteiger partial charge is 0.226 e. The predicted octanol–water partition coefficient (Wildman–Crippen LogP) is 3.35. The standard InChI is InChI=1S/C27H29N7O2/c1-17-20-5-6-22-25(27(20,2)14-21(28-3)24(17)35)31-26(34(22)19-15-30-32(4)16-19)18-7-8-29-23(13-18)33-9-11-36-12-10-33/h7-8,13-17,20H,5-6,9-12H2,1-2,4H3/t17-,20-,27-/m1/s1. The Balaban J connectivity index is 1.55. The summed E-state index contributed by atoms with van der Waals surface area (Å²) in [7, 11) is 1.91. The van der Waals surface area contributed by atoms with Crippen LogP contribution in [0.4, 0.5) is 5.82 Å². The number of aromatic nitrogens is 5. The summed E-state index contributed by atoms with van der Waals surface area (Å²) in [5, 5.41) is 4.43. The first-order valence-corrected chi connectivity index (χ1v) is 12.5. The summed E-state index contributed by atoms with van der Waals surface area (Å²) in [5.74, 6) is 1.58. The maximum absolute atomic E-state index is 12.8. The highest BCUT2D eigenvalue weighted by Crippen LogP contribution is 2.51. The lowest BCUT2D eigenvalue weighted by Gasteiger charge is -2.44. The van der Waals surface area contributed by atoms with Crippen LogP contribution in [0.2, 0.25) is 0 Å². The molecule has 3 aliphatic rings. The molecule has 2 aliphatic carbocycles. The van der Waals surface area contributed by atoms with E-state index in [0.29, 0.717) is 13.2 Å². The molecule has 4 heterocycles. The molecule has 0 spiro atoms. The number of Topliss-reactive ketones (excluding diaryl/α,β-unsaturated/α-hetero) is 1. The third-order valence-corrected chi connectivity index (χ3v) is 8.06. The minimum absolute atomic E-state index is 0.0490. The molecule has 0 bridgehead atoms. The Hall–Kier alpha value is -3.77. The van der Waals surface area contributed by atoms with Crippen molar-refractivity contribution >= 4 is 11.6 Å². The lowest BCUT2D eigenvalue weighted by Crippen LogP contribution is -2.45. The molecule has 0 N–H and O–H groups in total. The normalized spacial score (nSPS) is 25.7. The molecular formula is C27H29N7O2. The Morgan fingerprint density at radius 1 is 1.28 bits per heavy atom. The van der Waals surface area contributed by atoms with Crippen LogP contribution in [0.25, 0.3) is 21.9 Å². The molecule has 6 rings (SSSR count). The predicted molar refractivity (Wildman–Crippen MR) is 135 cm³/mol. The number of pyridine rings is 1. The highest BCUT2D eigenvalue weighted by Gasteiger charge is 2.50. The van der Waals surface area contributed by atoms with Gasteiger partial charge in [0.25, 0.3) is 0 Å². The van der Waals surface area contributed by atoms with Gasteiger partial charge in [0.05, 0.1) is 37.4 Å². The third-order valence-electron chi connectivity index (χ3n) is 8.06. The summed E-state index contributed by atoms with van der Waals surface area (Å²) in [5.41, 5.74) is 3.71. The van der Waals surface area contributed by atoms with Gasteiger partial charge in [-0.1, -0.05) is 19.9 Å². The molecular weight excluding hydrogens is 454 g/mol. The van der Waals surface area contributed by atoms with Crippen LogP contribution < -0.4 is 4.90 Å². The van der Waals surface area contributed by atoms with E-state index < -0.39 is 5.41 Å². The molecule has 36 heavy (non-hydrogen) atoms. The topological polar surface area (TPSA) is 82.4 Å². The lowest BCUT2D eigenvalue weighted by molar-refractivity contribution is -0.121. The van der Waals surface area contributed by atoms with E-state index in [2.05, 4.69) is 37.4 Å². The monoisotopic (exact) mass is 483 g/mol. The Kier molecular flexibility index (Phi) is 5.30. The Morgan fingerprint density at radius 2 is 2.08 bits per heavy atom. The van der Waals surface area contributed by atoms with Crippen molar-refractivity contribution in [2.24, 2.45) is 18.9 Å². The second kappa shape index (κ2) is 8.42. The number of hydrogen-bond acceptors (Lipinski definition) is 6. The molecule has 1 saturated heterocycles. The molecule has 0 radical (unpaired) electrons. The number of ketones is 1. The van der Waals surface area contributed by atoms with E-state index in [4.69, 9.17) is 16.3 Å². The third kappa shape index (κ3) is 3.39. The van der Waals surface area contributed by atoms with Gasteiger partial charge in [0, 0.05) is 55.1 Å². The molecule has 1 aliphatic heterocycles. The SMILES string of the molecule is [C-]#[N+]C1=C[C@@]2(C)c3nc(-c4ccnc(N5CCOCC5)c4)n(-c4cnn(C)c4)c3CC[C@@H]2[C@@H](C)C1=O. The van der Waals surface area contributed by atoms with Gasteiger partial charge in [0.1, 0.15) is 11.6 Å². The van der Waals surface area contributed by atoms with Crippen molar-refractivity contribution in [3.8, 4) is 17.1 Å². The number of fused-ring (bicyclic) bond motifs is 3. The summed E-state index contributed by atoms with van der Waals surface area (Å²) in [6.45, 7) is 14.7. The van der Waals surface area contributed by atoms with E-state index in [0.717, 1.165) is 60.2 Å². The molecule has 9 heteroatoms. The summed E-state index contributed by atoms with van der Waals surface area (Å²) in [6.07, 6.45) is 9.23. The summed E-state index contributed by atoms with van der Waals surface area (Å²) in [6, 6.07) is 4.09. The molecule has 0 unspecified atom stereocenters. The lowest BCUT2D eigenvalue weighted by atomic mass is 9.59. The number of ether oxygens (including phenoxy) is 1. The first kappa shape index (κ1) is 22.7. The number of nitrogens with zero attached hydrogens (tertiary/aromatic N) is 7. The fourth-order valence-electron chi connectivity index (χ4n) is 6.21. The van der Waals surface area contributed by atoms with Crippen molar-refractivity contribution in [2.75, 3.05) is 31.2 Å². The second-order valence-electron chi connectivity index (χ2n) is 10.2. The van der Waals surface area contributed by atoms with Gasteiger partial charge < -0.3 is 14.4 Å². The maximum Gasteiger partial charge on any atom is 0.226 e. The number of allylic oxidation sites excluding steroid dienone is 2. The van der Waals surface area contributed by atoms with Gasteiger partial charge in [-0.05, 0) is 30.9 Å². The summed E-state index contributed by atoms with van der Waals surface area (Å²) in [4.78, 5) is 28.6. The highest BCUT2D eigenvalue weighted by molar-refractivity contribution is 6.00. The summed E-state index contributed by atoms with van der Waals surface area (Å²) >= 11 is 0. The van der Waals surface area contributed by atoms with Gasteiger partial charge in [-0.25, -0.2) is 14.8 Å². The van der Waals surface area contributed by atoms with Gasteiger partial charge in [0.2, 0.25) is 5.70 Å². The van der Waals surface area contributed by atoms with Crippen LogP contribution in [0.5, 0.6) is 0 Å². The second-order valence-corrected chi connectivity index (χ2v) is 10.2. The van der Waals surface area contributed by atoms with Crippen LogP contribution in [-0.4, -0.2) is 56.4 Å². The van der Waals surface area contributed by atoms with Crippen LogP contribution in [0.15, 0.2) is 42.5 Å². The Bertz CT molecular complexity index is 1420. The van der Waals surface area contributed by atoms with Crippen molar-refractivity contribution in [2.45, 2.75) is 32.1 Å². The number of carbonyl (C=O) groups is 1. The van der Waals surface area contributed by atoms with Gasteiger partial charge in [-0.2, -0.15) is 5.10 Å². The van der Waals surface area contributed by atoms with Crippen LogP contribution in [-0.2, 0) is 28.4 Å². The molecule has 0 aromatic carbocycles. The van der Waals surface area contributed by atoms with Gasteiger partial charge >= 0.3 is 0 Å². The Morgan fingerprint density at radius 3 is 2.81 bits per heavy atom. The average molecular weight is 484 g/mol. The zero-order chi connectivity index (χ0) is 25.0. The van der Waals surface area contributed by atoms with Crippen molar-refractivity contribution in [3.63, 3.8) is 0 Å². The van der Waals surface area contributed by atoms with E-state index in [-0.39, 0.29) is 23.3 Å². The van der Waals surface area contributed by atoms with Crippen molar-refractivity contribution < 1.29 is 9.53 Å². The van der Waals surface area contributed by atoms with Crippen LogP contribution in [0, 0.1) is 18.4 Å². The molecule has 9 nitrogen and oxygen atoms in total. The fraction of sp³-hybridized carbons (Fsp3) is 0.444. The zero-order valence-electron chi connectivity index (χ0n) is 20.8. The van der Waals surface area contributed by atoms with Crippen molar-refractivity contribution in [1.29, 1.82) is 0 Å². The first-order chi connectivity index (χ1) is 17.4. The number of morpholine rings is 1. The van der Waals surface area contributed by atoms with Crippen molar-refractivity contribution in [1.82, 2.24) is 24.3 Å². The molecule has 3 aromatic heterocycles. The number of imidazole rings is 1. The number of aryl methyl sites for hydroxylation is 1. The van der Waals surface area contributed by atoms with E-state index in [1.54, 1.807) is 4.68 Å². The molecule has 3 aromatic rings. The van der Waals surface area contributed by atoms with Gasteiger partial charge in [-0.15, -0.1) is 0 Å². The number of hydrogen-bond donors (Lipinski definition) is 0. The average Bonchev–Trinajstić information content (AvgIpc) is 3.51. The Labute approximate surface area is 210 Å². The molecule has 0 saturated carbocycles. The van der Waals surface area contributed by atoms with Crippen LogP contribution >= 0.6 is 0 Å². The minimum Gasteiger partial charge on any atom is -0.378 e. The first-order valence-electron chi connectivity index (χ1n) is 12.5. The van der Waals surface area contributed by atoms with E-state index in [9.17, 15) is 4.79 Å². The molecule has 184 valence electrons. The highest BCUT2D eigenvalue weighted by atomic mass is 16.5. The largest absolute Gasteiger partial charge is 0.378 e. The number of anilines is 1. The van der Waals surface area contributed by atoms with Gasteiger partial charge in [-0.3, -0.25) is 9.25 Å². The fourth-order valence-corrected chi connectivity index (χ4v) is 6.21. The molecule has 0 amide bonds. The van der Waals surface area contributed by atoms with E-state index >= 15 is 0 Å². The zero-order valence-corrected chi connectivity index (χ0v) is 20.8.